The molecule has 2 rings (SSSR count). The Balaban J connectivity index is 2.11. The molecule has 2 aliphatic heterocycles. The van der Waals surface area contributed by atoms with Crippen molar-refractivity contribution in [1.82, 2.24) is 9.96 Å². The molecular weight excluding hydrogens is 232 g/mol. The van der Waals surface area contributed by atoms with Gasteiger partial charge in [-0.3, -0.25) is 14.5 Å². The van der Waals surface area contributed by atoms with E-state index in [1.165, 1.54) is 0 Å². The predicted octanol–water partition coefficient (Wildman–Crippen LogP) is 0.897. The first-order valence-electron chi connectivity index (χ1n) is 6.58. The van der Waals surface area contributed by atoms with Crippen LogP contribution < -0.4 is 0 Å². The lowest BCUT2D eigenvalue weighted by Crippen LogP contribution is -2.52. The molecule has 0 saturated carbocycles. The zero-order valence-corrected chi connectivity index (χ0v) is 11.9. The van der Waals surface area contributed by atoms with Crippen molar-refractivity contribution >= 4 is 5.91 Å². The monoisotopic (exact) mass is 256 g/mol. The molecule has 2 aliphatic rings. The molecule has 18 heavy (non-hydrogen) atoms. The van der Waals surface area contributed by atoms with Crippen molar-refractivity contribution in [2.75, 3.05) is 40.0 Å². The molecule has 0 aromatic carbocycles. The Hall–Kier alpha value is -0.650. The van der Waals surface area contributed by atoms with Gasteiger partial charge in [0.2, 0.25) is 0 Å². The molecule has 2 saturated heterocycles. The van der Waals surface area contributed by atoms with Gasteiger partial charge >= 0.3 is 0 Å². The predicted molar refractivity (Wildman–Crippen MR) is 67.9 cm³/mol. The number of nitrogens with zero attached hydrogens (tertiary/aromatic N) is 2. The molecule has 0 N–H and O–H groups in total. The van der Waals surface area contributed by atoms with Gasteiger partial charge in [-0.1, -0.05) is 13.8 Å². The summed E-state index contributed by atoms with van der Waals surface area (Å²) in [6, 6.07) is 0. The van der Waals surface area contributed by atoms with Crippen LogP contribution in [0.15, 0.2) is 0 Å². The van der Waals surface area contributed by atoms with Crippen LogP contribution in [0.4, 0.5) is 0 Å². The summed E-state index contributed by atoms with van der Waals surface area (Å²) in [6.45, 7) is 10.4. The van der Waals surface area contributed by atoms with Gasteiger partial charge in [0.15, 0.2) is 0 Å². The van der Waals surface area contributed by atoms with Crippen LogP contribution in [-0.2, 0) is 14.4 Å². The van der Waals surface area contributed by atoms with Crippen LogP contribution in [0.3, 0.4) is 0 Å². The van der Waals surface area contributed by atoms with Crippen molar-refractivity contribution in [2.24, 2.45) is 5.41 Å². The minimum Gasteiger partial charge on any atom is -0.379 e. The van der Waals surface area contributed by atoms with Gasteiger partial charge in [0, 0.05) is 25.0 Å². The largest absolute Gasteiger partial charge is 0.379 e. The Morgan fingerprint density at radius 3 is 2.44 bits per heavy atom. The maximum absolute atomic E-state index is 12.3. The number of carbonyl (C=O) groups is 1. The number of hydroxylamine groups is 2. The Morgan fingerprint density at radius 1 is 1.28 bits per heavy atom. The number of rotatable bonds is 3. The summed E-state index contributed by atoms with van der Waals surface area (Å²) in [7, 11) is 1.58. The maximum atomic E-state index is 12.3. The zero-order valence-electron chi connectivity index (χ0n) is 11.9. The van der Waals surface area contributed by atoms with E-state index in [0.29, 0.717) is 0 Å². The molecule has 5 nitrogen and oxygen atoms in total. The highest BCUT2D eigenvalue weighted by Gasteiger charge is 2.53. The Labute approximate surface area is 109 Å². The molecular formula is C13H24N2O3. The average Bonchev–Trinajstić information content (AvgIpc) is 2.46. The smallest absolute Gasteiger partial charge is 0.252 e. The quantitative estimate of drug-likeness (QED) is 0.752. The second-order valence-corrected chi connectivity index (χ2v) is 6.23. The molecule has 2 heterocycles. The SMILES string of the molecule is CON1C(=O)C(C)(C)CC1(C)CN1CCOCC1. The summed E-state index contributed by atoms with van der Waals surface area (Å²) < 4.78 is 5.36. The van der Waals surface area contributed by atoms with Crippen LogP contribution in [0, 0.1) is 5.41 Å². The summed E-state index contributed by atoms with van der Waals surface area (Å²) in [5.41, 5.74) is -0.580. The van der Waals surface area contributed by atoms with Crippen molar-refractivity contribution in [3.05, 3.63) is 0 Å². The normalized spacial score (nSPS) is 33.1. The number of amides is 1. The van der Waals surface area contributed by atoms with Gasteiger partial charge in [0.1, 0.15) is 0 Å². The molecule has 0 bridgehead atoms. The average molecular weight is 256 g/mol. The van der Waals surface area contributed by atoms with E-state index in [2.05, 4.69) is 11.8 Å². The lowest BCUT2D eigenvalue weighted by atomic mass is 9.84. The fourth-order valence-corrected chi connectivity index (χ4v) is 3.28. The molecule has 0 spiro atoms. The van der Waals surface area contributed by atoms with Gasteiger partial charge in [0.25, 0.3) is 5.91 Å². The second kappa shape index (κ2) is 4.79. The number of carbonyl (C=O) groups excluding carboxylic acids is 1. The van der Waals surface area contributed by atoms with Gasteiger partial charge in [-0.05, 0) is 13.3 Å². The van der Waals surface area contributed by atoms with Crippen molar-refractivity contribution in [2.45, 2.75) is 32.7 Å². The maximum Gasteiger partial charge on any atom is 0.252 e. The van der Waals surface area contributed by atoms with Crippen LogP contribution in [0.25, 0.3) is 0 Å². The van der Waals surface area contributed by atoms with E-state index in [4.69, 9.17) is 9.57 Å². The van der Waals surface area contributed by atoms with E-state index >= 15 is 0 Å². The van der Waals surface area contributed by atoms with Gasteiger partial charge in [-0.15, -0.1) is 0 Å². The van der Waals surface area contributed by atoms with Crippen LogP contribution in [0.2, 0.25) is 0 Å². The van der Waals surface area contributed by atoms with Gasteiger partial charge in [-0.2, -0.15) is 0 Å². The van der Waals surface area contributed by atoms with Crippen molar-refractivity contribution in [1.29, 1.82) is 0 Å². The molecule has 5 heteroatoms. The molecule has 0 aliphatic carbocycles. The minimum atomic E-state index is -0.336. The molecule has 1 unspecified atom stereocenters. The highest BCUT2D eigenvalue weighted by atomic mass is 16.7. The van der Waals surface area contributed by atoms with Gasteiger partial charge in [0.05, 0.1) is 25.9 Å². The Kier molecular flexibility index (Phi) is 3.67. The number of ether oxygens (including phenoxy) is 1. The molecule has 0 aromatic rings. The fourth-order valence-electron chi connectivity index (χ4n) is 3.28. The number of hydrogen-bond donors (Lipinski definition) is 0. The van der Waals surface area contributed by atoms with Crippen molar-refractivity contribution in [3.63, 3.8) is 0 Å². The third kappa shape index (κ3) is 2.39. The lowest BCUT2D eigenvalue weighted by molar-refractivity contribution is -0.198. The third-order valence-electron chi connectivity index (χ3n) is 3.93. The van der Waals surface area contributed by atoms with E-state index < -0.39 is 0 Å². The van der Waals surface area contributed by atoms with E-state index in [0.717, 1.165) is 39.3 Å². The zero-order chi connectivity index (χ0) is 13.4. The highest BCUT2D eigenvalue weighted by Crippen LogP contribution is 2.42. The summed E-state index contributed by atoms with van der Waals surface area (Å²) in [6.07, 6.45) is 0.823. The van der Waals surface area contributed by atoms with E-state index in [-0.39, 0.29) is 16.9 Å². The third-order valence-corrected chi connectivity index (χ3v) is 3.93. The summed E-state index contributed by atoms with van der Waals surface area (Å²) in [4.78, 5) is 20.0. The standard InChI is InChI=1S/C13H24N2O3/c1-12(2)9-13(3,15(17-4)11(12)16)10-14-5-7-18-8-6-14/h5-10H2,1-4H3. The molecule has 2 fully saturated rings. The first-order chi connectivity index (χ1) is 8.39. The molecule has 0 aromatic heterocycles. The minimum absolute atomic E-state index is 0.0840. The van der Waals surface area contributed by atoms with Gasteiger partial charge in [-0.25, -0.2) is 5.06 Å². The summed E-state index contributed by atoms with van der Waals surface area (Å²) in [5, 5.41) is 1.57. The summed E-state index contributed by atoms with van der Waals surface area (Å²) in [5.74, 6) is 0.0840. The molecule has 1 amide bonds. The van der Waals surface area contributed by atoms with Crippen LogP contribution in [0.1, 0.15) is 27.2 Å². The van der Waals surface area contributed by atoms with Crippen molar-refractivity contribution < 1.29 is 14.4 Å². The highest BCUT2D eigenvalue weighted by molar-refractivity contribution is 5.84. The van der Waals surface area contributed by atoms with E-state index in [1.54, 1.807) is 12.2 Å². The number of morpholine rings is 1. The van der Waals surface area contributed by atoms with Crippen LogP contribution in [-0.4, -0.2) is 61.4 Å². The van der Waals surface area contributed by atoms with E-state index in [1.807, 2.05) is 13.8 Å². The number of hydrogen-bond acceptors (Lipinski definition) is 4. The van der Waals surface area contributed by atoms with E-state index in [9.17, 15) is 4.79 Å². The topological polar surface area (TPSA) is 42.0 Å². The Bertz CT molecular complexity index is 326. The van der Waals surface area contributed by atoms with Crippen molar-refractivity contribution in [3.8, 4) is 0 Å². The first-order valence-corrected chi connectivity index (χ1v) is 6.58. The molecule has 1 atom stereocenters. The molecule has 0 radical (unpaired) electrons. The Morgan fingerprint density at radius 2 is 1.89 bits per heavy atom. The first kappa shape index (κ1) is 13.8. The lowest BCUT2D eigenvalue weighted by Gasteiger charge is -2.38. The van der Waals surface area contributed by atoms with Gasteiger partial charge < -0.3 is 4.74 Å². The van der Waals surface area contributed by atoms with Crippen LogP contribution >= 0.6 is 0 Å². The van der Waals surface area contributed by atoms with Crippen LogP contribution in [0.5, 0.6) is 0 Å². The molecule has 104 valence electrons. The fraction of sp³-hybridized carbons (Fsp3) is 0.923. The summed E-state index contributed by atoms with van der Waals surface area (Å²) >= 11 is 0. The second-order valence-electron chi connectivity index (χ2n) is 6.23.